The quantitative estimate of drug-likeness (QED) is 0.0193. The van der Waals surface area contributed by atoms with Gasteiger partial charge in [0.1, 0.15) is 0 Å². The van der Waals surface area contributed by atoms with Crippen molar-refractivity contribution >= 4 is 22.3 Å². The van der Waals surface area contributed by atoms with E-state index < -0.39 is 22.3 Å². The van der Waals surface area contributed by atoms with Crippen LogP contribution in [-0.2, 0) is 20.0 Å². The third-order valence-electron chi connectivity index (χ3n) is 10.9. The lowest BCUT2D eigenvalue weighted by atomic mass is 9.99. The van der Waals surface area contributed by atoms with Crippen LogP contribution in [0.15, 0.2) is 24.3 Å². The lowest BCUT2D eigenvalue weighted by Crippen LogP contribution is -2.32. The molecule has 0 aliphatic heterocycles. The van der Waals surface area contributed by atoms with Gasteiger partial charge in [0, 0.05) is 26.2 Å². The molecule has 12 nitrogen and oxygen atoms in total. The fourth-order valence-electron chi connectivity index (χ4n) is 7.14. The molecule has 2 atom stereocenters. The van der Waals surface area contributed by atoms with E-state index in [1.165, 1.54) is 154 Å². The first kappa shape index (κ1) is 63.4. The van der Waals surface area contributed by atoms with E-state index in [9.17, 15) is 19.8 Å². The van der Waals surface area contributed by atoms with Gasteiger partial charge in [-0.1, -0.05) is 167 Å². The van der Waals surface area contributed by atoms with Crippen molar-refractivity contribution in [2.75, 3.05) is 53.5 Å². The highest BCUT2D eigenvalue weighted by Gasteiger charge is 2.19. The molecule has 0 fully saturated rings. The average molecular weight is 893 g/mol. The monoisotopic (exact) mass is 893 g/mol. The van der Waals surface area contributed by atoms with Crippen molar-refractivity contribution in [1.29, 1.82) is 0 Å². The minimum Gasteiger partial charge on any atom is -0.481 e. The first-order chi connectivity index (χ1) is 29.2. The molecule has 0 heterocycles. The number of likely N-dealkylation sites (N-methyl/N-ethyl adjacent to an activating group) is 2. The lowest BCUT2D eigenvalue weighted by Gasteiger charge is -2.20. The van der Waals surface area contributed by atoms with Crippen LogP contribution >= 0.6 is 0 Å². The van der Waals surface area contributed by atoms with Gasteiger partial charge in [-0.15, -0.1) is 0 Å². The molecule has 6 N–H and O–H groups in total. The minimum absolute atomic E-state index is 0.0804. The van der Waals surface area contributed by atoms with Gasteiger partial charge < -0.3 is 30.2 Å². The largest absolute Gasteiger partial charge is 0.481 e. The zero-order chi connectivity index (χ0) is 46.2. The second-order valence-corrected chi connectivity index (χ2v) is 17.8. The summed E-state index contributed by atoms with van der Waals surface area (Å²) in [6.07, 6.45) is 46.5. The summed E-state index contributed by atoms with van der Waals surface area (Å²) in [5, 5.41) is 36.5. The normalized spacial score (nSPS) is 12.8. The summed E-state index contributed by atoms with van der Waals surface area (Å²) in [4.78, 5) is 26.5. The van der Waals surface area contributed by atoms with Gasteiger partial charge in [-0.05, 0) is 78.3 Å². The van der Waals surface area contributed by atoms with Crippen LogP contribution in [0.1, 0.15) is 206 Å². The van der Waals surface area contributed by atoms with Crippen LogP contribution in [0.25, 0.3) is 0 Å². The van der Waals surface area contributed by atoms with Crippen molar-refractivity contribution < 1.29 is 47.5 Å². The second-order valence-electron chi connectivity index (χ2n) is 16.9. The van der Waals surface area contributed by atoms with E-state index in [2.05, 4.69) is 38.2 Å². The molecule has 0 aromatic rings. The topological polar surface area (TPSA) is 196 Å². The van der Waals surface area contributed by atoms with E-state index in [-0.39, 0.29) is 25.0 Å². The molecule has 0 saturated heterocycles. The molecule has 0 bridgehead atoms. The zero-order valence-electron chi connectivity index (χ0n) is 39.5. The number of rotatable bonds is 42. The van der Waals surface area contributed by atoms with Gasteiger partial charge in [-0.25, -0.2) is 0 Å². The molecular formula is C48H96N2O10S. The molecule has 0 spiro atoms. The number of hydrogen-bond acceptors (Lipinski definition) is 8. The number of nitrogens with zero attached hydrogens (tertiary/aromatic N) is 2. The number of aliphatic hydroxyl groups excluding tert-OH is 2. The van der Waals surface area contributed by atoms with Gasteiger partial charge in [-0.2, -0.15) is 8.42 Å². The second kappa shape index (κ2) is 49.2. The van der Waals surface area contributed by atoms with Gasteiger partial charge in [0.2, 0.25) is 0 Å². The van der Waals surface area contributed by atoms with Crippen molar-refractivity contribution in [2.45, 2.75) is 206 Å². The van der Waals surface area contributed by atoms with Crippen LogP contribution in [0.4, 0.5) is 0 Å². The molecule has 0 aliphatic rings. The number of carboxylic acid groups (broad SMARTS) is 2. The van der Waals surface area contributed by atoms with Crippen LogP contribution in [0.3, 0.4) is 0 Å². The molecular weight excluding hydrogens is 797 g/mol. The van der Waals surface area contributed by atoms with Crippen molar-refractivity contribution in [1.82, 2.24) is 9.80 Å². The molecule has 0 amide bonds. The summed E-state index contributed by atoms with van der Waals surface area (Å²) in [5.41, 5.74) is 0. The minimum atomic E-state index is -4.67. The molecule has 0 aromatic carbocycles. The Kier molecular flexibility index (Phi) is 51.1. The third kappa shape index (κ3) is 58.1. The van der Waals surface area contributed by atoms with Crippen molar-refractivity contribution in [2.24, 2.45) is 11.8 Å². The number of carboxylic acids is 2. The van der Waals surface area contributed by atoms with Crippen LogP contribution < -0.4 is 0 Å². The molecule has 2 unspecified atom stereocenters. The highest BCUT2D eigenvalue weighted by atomic mass is 32.3. The lowest BCUT2D eigenvalue weighted by molar-refractivity contribution is -0.143. The summed E-state index contributed by atoms with van der Waals surface area (Å²) in [5.74, 6) is -2.04. The van der Waals surface area contributed by atoms with E-state index >= 15 is 0 Å². The molecule has 0 aliphatic carbocycles. The van der Waals surface area contributed by atoms with Gasteiger partial charge >= 0.3 is 22.3 Å². The summed E-state index contributed by atoms with van der Waals surface area (Å²) in [6.45, 7) is 6.82. The zero-order valence-corrected chi connectivity index (χ0v) is 40.4. The Balaban J connectivity index is -0.000000991. The Hall–Kier alpha value is -1.87. The maximum Gasteiger partial charge on any atom is 0.394 e. The molecule has 0 aromatic heterocycles. The highest BCUT2D eigenvalue weighted by Crippen LogP contribution is 2.16. The number of aliphatic carboxylic acids is 2. The standard InChI is InChI=1S/2C24H47NO3.H2O4S/c2*1-3-4-5-6-7-8-9-10-11-12-13-14-15-16-17-18-19-23(24(27)28)22-25(2)20-21-26;1-5(2,3)4/h2*10-11,23,26H,3-9,12-22H2,1-2H3,(H,27,28);(H2,1,2,3,4)/b2*11-10-;. The van der Waals surface area contributed by atoms with Crippen LogP contribution in [0.5, 0.6) is 0 Å². The Bertz CT molecular complexity index is 1030. The Morgan fingerprint density at radius 2 is 0.689 bits per heavy atom. The Morgan fingerprint density at radius 1 is 0.459 bits per heavy atom. The van der Waals surface area contributed by atoms with E-state index in [1.807, 2.05) is 23.9 Å². The van der Waals surface area contributed by atoms with E-state index in [0.29, 0.717) is 26.2 Å². The van der Waals surface area contributed by atoms with Gasteiger partial charge in [0.15, 0.2) is 0 Å². The predicted molar refractivity (Wildman–Crippen MR) is 254 cm³/mol. The van der Waals surface area contributed by atoms with Crippen molar-refractivity contribution in [3.8, 4) is 0 Å². The van der Waals surface area contributed by atoms with E-state index in [0.717, 1.165) is 38.5 Å². The van der Waals surface area contributed by atoms with E-state index in [1.54, 1.807) is 0 Å². The van der Waals surface area contributed by atoms with Gasteiger partial charge in [-0.3, -0.25) is 18.7 Å². The Labute approximate surface area is 374 Å². The number of unbranched alkanes of at least 4 members (excludes halogenated alkanes) is 24. The predicted octanol–water partition coefficient (Wildman–Crippen LogP) is 11.4. The number of carbonyl (C=O) groups is 2. The number of hydrogen-bond donors (Lipinski definition) is 6. The number of aliphatic hydroxyl groups is 2. The molecule has 0 rings (SSSR count). The summed E-state index contributed by atoms with van der Waals surface area (Å²) in [6, 6.07) is 0. The average Bonchev–Trinajstić information content (AvgIpc) is 3.19. The SMILES string of the molecule is CCCCCCCC/C=C\CCCCCCCCC(CN(C)CCO)C(=O)O.CCCCCCCC/C=C\CCCCCCCCC(CN(C)CCO)C(=O)O.O=S(=O)(O)O. The van der Waals surface area contributed by atoms with Gasteiger partial charge in [0.25, 0.3) is 0 Å². The fraction of sp³-hybridized carbons (Fsp3) is 0.875. The van der Waals surface area contributed by atoms with Crippen LogP contribution in [-0.4, -0.2) is 113 Å². The van der Waals surface area contributed by atoms with Crippen LogP contribution in [0, 0.1) is 11.8 Å². The summed E-state index contributed by atoms with van der Waals surface area (Å²) in [7, 11) is -0.928. The maximum absolute atomic E-state index is 11.3. The molecule has 364 valence electrons. The molecule has 13 heteroatoms. The first-order valence-electron chi connectivity index (χ1n) is 24.3. The number of allylic oxidation sites excluding steroid dienone is 4. The molecule has 0 radical (unpaired) electrons. The molecule has 0 saturated carbocycles. The van der Waals surface area contributed by atoms with Crippen molar-refractivity contribution in [3.63, 3.8) is 0 Å². The smallest absolute Gasteiger partial charge is 0.394 e. The summed E-state index contributed by atoms with van der Waals surface area (Å²) >= 11 is 0. The van der Waals surface area contributed by atoms with E-state index in [4.69, 9.17) is 27.7 Å². The highest BCUT2D eigenvalue weighted by molar-refractivity contribution is 7.79. The van der Waals surface area contributed by atoms with Crippen LogP contribution in [0.2, 0.25) is 0 Å². The first-order valence-corrected chi connectivity index (χ1v) is 25.7. The Morgan fingerprint density at radius 3 is 0.918 bits per heavy atom. The maximum atomic E-state index is 11.3. The summed E-state index contributed by atoms with van der Waals surface area (Å²) < 4.78 is 31.6. The molecule has 61 heavy (non-hydrogen) atoms. The van der Waals surface area contributed by atoms with Crippen molar-refractivity contribution in [3.05, 3.63) is 24.3 Å². The van der Waals surface area contributed by atoms with Gasteiger partial charge in [0.05, 0.1) is 25.0 Å². The third-order valence-corrected chi connectivity index (χ3v) is 10.9. The fourth-order valence-corrected chi connectivity index (χ4v) is 7.14.